The molecule has 0 aliphatic carbocycles. The number of hydrogen-bond acceptors (Lipinski definition) is 3. The van der Waals surface area contributed by atoms with Crippen molar-refractivity contribution in [2.24, 2.45) is 0 Å². The van der Waals surface area contributed by atoms with Gasteiger partial charge in [-0.1, -0.05) is 6.92 Å². The standard InChI is InChI=1S/C8H18N2OS/c1-3-9-5-4-6-10-8(11)7-12-2/h9H,3-7H2,1-2H3,(H,10,11). The van der Waals surface area contributed by atoms with Gasteiger partial charge in [-0.15, -0.1) is 0 Å². The zero-order valence-corrected chi connectivity index (χ0v) is 8.67. The van der Waals surface area contributed by atoms with Gasteiger partial charge in [-0.3, -0.25) is 4.79 Å². The van der Waals surface area contributed by atoms with Gasteiger partial charge in [-0.25, -0.2) is 0 Å². The lowest BCUT2D eigenvalue weighted by molar-refractivity contribution is -0.118. The minimum atomic E-state index is 0.138. The summed E-state index contributed by atoms with van der Waals surface area (Å²) in [6.07, 6.45) is 2.94. The highest BCUT2D eigenvalue weighted by molar-refractivity contribution is 7.99. The van der Waals surface area contributed by atoms with E-state index in [1.54, 1.807) is 11.8 Å². The largest absolute Gasteiger partial charge is 0.355 e. The highest BCUT2D eigenvalue weighted by Gasteiger charge is 1.96. The van der Waals surface area contributed by atoms with E-state index in [-0.39, 0.29) is 5.91 Å². The smallest absolute Gasteiger partial charge is 0.229 e. The van der Waals surface area contributed by atoms with Gasteiger partial charge >= 0.3 is 0 Å². The Kier molecular flexibility index (Phi) is 8.71. The molecule has 0 unspecified atom stereocenters. The molecular formula is C8H18N2OS. The summed E-state index contributed by atoms with van der Waals surface area (Å²) >= 11 is 1.55. The molecule has 3 nitrogen and oxygen atoms in total. The number of carbonyl (C=O) groups is 1. The third-order valence-electron chi connectivity index (χ3n) is 1.38. The first kappa shape index (κ1) is 11.8. The van der Waals surface area contributed by atoms with Crippen LogP contribution in [0.4, 0.5) is 0 Å². The molecule has 0 aromatic heterocycles. The number of hydrogen-bond donors (Lipinski definition) is 2. The van der Waals surface area contributed by atoms with Crippen LogP contribution in [0.15, 0.2) is 0 Å². The molecule has 0 heterocycles. The molecule has 1 amide bonds. The Morgan fingerprint density at radius 2 is 2.17 bits per heavy atom. The number of nitrogens with one attached hydrogen (secondary N) is 2. The van der Waals surface area contributed by atoms with Crippen LogP contribution in [-0.4, -0.2) is 37.6 Å². The molecule has 0 saturated heterocycles. The fraction of sp³-hybridized carbons (Fsp3) is 0.875. The topological polar surface area (TPSA) is 41.1 Å². The Morgan fingerprint density at radius 3 is 2.75 bits per heavy atom. The summed E-state index contributed by atoms with van der Waals surface area (Å²) in [5, 5.41) is 6.04. The van der Waals surface area contributed by atoms with E-state index in [9.17, 15) is 4.79 Å². The van der Waals surface area contributed by atoms with Crippen molar-refractivity contribution in [2.45, 2.75) is 13.3 Å². The third kappa shape index (κ3) is 7.88. The van der Waals surface area contributed by atoms with Gasteiger partial charge in [0.05, 0.1) is 5.75 Å². The maximum atomic E-state index is 10.9. The Morgan fingerprint density at radius 1 is 1.42 bits per heavy atom. The van der Waals surface area contributed by atoms with E-state index >= 15 is 0 Å². The SMILES string of the molecule is CCNCCCNC(=O)CSC. The van der Waals surface area contributed by atoms with Crippen molar-refractivity contribution < 1.29 is 4.79 Å². The quantitative estimate of drug-likeness (QED) is 0.573. The first-order chi connectivity index (χ1) is 5.81. The van der Waals surface area contributed by atoms with Gasteiger partial charge in [0.2, 0.25) is 5.91 Å². The maximum Gasteiger partial charge on any atom is 0.229 e. The number of rotatable bonds is 7. The van der Waals surface area contributed by atoms with Crippen molar-refractivity contribution >= 4 is 17.7 Å². The molecule has 0 radical (unpaired) electrons. The molecule has 72 valence electrons. The second-order valence-electron chi connectivity index (χ2n) is 2.49. The van der Waals surface area contributed by atoms with Crippen LogP contribution >= 0.6 is 11.8 Å². The van der Waals surface area contributed by atoms with Crippen molar-refractivity contribution in [3.05, 3.63) is 0 Å². The molecule has 0 aromatic rings. The van der Waals surface area contributed by atoms with Gasteiger partial charge in [-0.05, 0) is 25.8 Å². The summed E-state index contributed by atoms with van der Waals surface area (Å²) in [6, 6.07) is 0. The molecule has 0 spiro atoms. The fourth-order valence-electron chi connectivity index (χ4n) is 0.800. The van der Waals surface area contributed by atoms with Gasteiger partial charge in [0.25, 0.3) is 0 Å². The molecule has 0 bridgehead atoms. The molecule has 4 heteroatoms. The van der Waals surface area contributed by atoms with Crippen LogP contribution < -0.4 is 10.6 Å². The first-order valence-electron chi connectivity index (χ1n) is 4.27. The Labute approximate surface area is 78.7 Å². The highest BCUT2D eigenvalue weighted by Crippen LogP contribution is 1.88. The van der Waals surface area contributed by atoms with Gasteiger partial charge in [0, 0.05) is 6.54 Å². The minimum Gasteiger partial charge on any atom is -0.355 e. The molecule has 0 atom stereocenters. The van der Waals surface area contributed by atoms with Crippen molar-refractivity contribution in [1.82, 2.24) is 10.6 Å². The lowest BCUT2D eigenvalue weighted by atomic mass is 10.4. The van der Waals surface area contributed by atoms with E-state index in [4.69, 9.17) is 0 Å². The average molecular weight is 190 g/mol. The van der Waals surface area contributed by atoms with Crippen LogP contribution in [0, 0.1) is 0 Å². The number of thioether (sulfide) groups is 1. The normalized spacial score (nSPS) is 9.83. The van der Waals surface area contributed by atoms with Gasteiger partial charge in [0.15, 0.2) is 0 Å². The van der Waals surface area contributed by atoms with Crippen LogP contribution in [0.25, 0.3) is 0 Å². The van der Waals surface area contributed by atoms with Crippen molar-refractivity contribution in [3.8, 4) is 0 Å². The average Bonchev–Trinajstić information content (AvgIpc) is 2.05. The summed E-state index contributed by atoms with van der Waals surface area (Å²) in [5.41, 5.74) is 0. The van der Waals surface area contributed by atoms with Crippen LogP contribution in [-0.2, 0) is 4.79 Å². The Hall–Kier alpha value is -0.220. The predicted molar refractivity (Wildman–Crippen MR) is 54.6 cm³/mol. The van der Waals surface area contributed by atoms with Crippen molar-refractivity contribution in [1.29, 1.82) is 0 Å². The molecule has 0 fully saturated rings. The molecule has 0 aliphatic rings. The van der Waals surface area contributed by atoms with E-state index in [2.05, 4.69) is 17.6 Å². The fourth-order valence-corrected chi connectivity index (χ4v) is 1.16. The van der Waals surface area contributed by atoms with Gasteiger partial charge in [0.1, 0.15) is 0 Å². The molecule has 0 saturated carbocycles. The number of carbonyl (C=O) groups excluding carboxylic acids is 1. The van der Waals surface area contributed by atoms with Crippen molar-refractivity contribution in [2.75, 3.05) is 31.6 Å². The van der Waals surface area contributed by atoms with E-state index < -0.39 is 0 Å². The Balaban J connectivity index is 3.03. The van der Waals surface area contributed by atoms with E-state index in [0.29, 0.717) is 5.75 Å². The van der Waals surface area contributed by atoms with E-state index in [0.717, 1.165) is 26.1 Å². The lowest BCUT2D eigenvalue weighted by Crippen LogP contribution is -2.28. The van der Waals surface area contributed by atoms with Crippen LogP contribution in [0.1, 0.15) is 13.3 Å². The first-order valence-corrected chi connectivity index (χ1v) is 5.67. The summed E-state index contributed by atoms with van der Waals surface area (Å²) in [6.45, 7) is 4.84. The molecule has 2 N–H and O–H groups in total. The monoisotopic (exact) mass is 190 g/mol. The summed E-state index contributed by atoms with van der Waals surface area (Å²) in [5.74, 6) is 0.709. The third-order valence-corrected chi connectivity index (χ3v) is 1.93. The van der Waals surface area contributed by atoms with Gasteiger partial charge < -0.3 is 10.6 Å². The molecular weight excluding hydrogens is 172 g/mol. The molecule has 0 aliphatic heterocycles. The van der Waals surface area contributed by atoms with Crippen LogP contribution in [0.3, 0.4) is 0 Å². The summed E-state index contributed by atoms with van der Waals surface area (Å²) in [4.78, 5) is 10.9. The Bertz CT molecular complexity index is 120. The molecule has 12 heavy (non-hydrogen) atoms. The zero-order valence-electron chi connectivity index (χ0n) is 7.85. The van der Waals surface area contributed by atoms with Crippen LogP contribution in [0.5, 0.6) is 0 Å². The summed E-state index contributed by atoms with van der Waals surface area (Å²) < 4.78 is 0. The van der Waals surface area contributed by atoms with E-state index in [1.807, 2.05) is 6.26 Å². The van der Waals surface area contributed by atoms with E-state index in [1.165, 1.54) is 0 Å². The highest BCUT2D eigenvalue weighted by atomic mass is 32.2. The van der Waals surface area contributed by atoms with Crippen LogP contribution in [0.2, 0.25) is 0 Å². The van der Waals surface area contributed by atoms with Gasteiger partial charge in [-0.2, -0.15) is 11.8 Å². The summed E-state index contributed by atoms with van der Waals surface area (Å²) in [7, 11) is 0. The predicted octanol–water partition coefficient (Wildman–Crippen LogP) is 0.465. The number of amides is 1. The lowest BCUT2D eigenvalue weighted by Gasteiger charge is -2.03. The molecule has 0 aromatic carbocycles. The van der Waals surface area contributed by atoms with Crippen molar-refractivity contribution in [3.63, 3.8) is 0 Å². The second-order valence-corrected chi connectivity index (χ2v) is 3.36. The minimum absolute atomic E-state index is 0.138. The molecule has 0 rings (SSSR count). The second kappa shape index (κ2) is 8.87. The zero-order chi connectivity index (χ0) is 9.23. The maximum absolute atomic E-state index is 10.9.